The minimum Gasteiger partial charge on any atom is -0.368 e. The summed E-state index contributed by atoms with van der Waals surface area (Å²) in [4.78, 5) is 19.9. The number of amides is 1. The number of rotatable bonds is 8. The molecule has 1 amide bonds. The van der Waals surface area contributed by atoms with Gasteiger partial charge in [-0.2, -0.15) is 4.98 Å². The van der Waals surface area contributed by atoms with E-state index in [4.69, 9.17) is 0 Å². The molecule has 0 aliphatic heterocycles. The van der Waals surface area contributed by atoms with Crippen molar-refractivity contribution in [2.24, 2.45) is 0 Å². The number of aromatic nitrogens is 2. The summed E-state index contributed by atoms with van der Waals surface area (Å²) in [5, 5.41) is 8.99. The van der Waals surface area contributed by atoms with Crippen LogP contribution in [0.1, 0.15) is 26.7 Å². The summed E-state index contributed by atoms with van der Waals surface area (Å²) in [5.74, 6) is 1.31. The van der Waals surface area contributed by atoms with E-state index in [-0.39, 0.29) is 5.91 Å². The number of hydrogen-bond acceptors (Lipinski definition) is 5. The third-order valence-electron chi connectivity index (χ3n) is 2.30. The lowest BCUT2D eigenvalue weighted by Gasteiger charge is -2.09. The molecule has 6 nitrogen and oxygen atoms in total. The fraction of sp³-hybridized carbons (Fsp3) is 0.583. The number of anilines is 2. The summed E-state index contributed by atoms with van der Waals surface area (Å²) in [6.07, 6.45) is 3.06. The van der Waals surface area contributed by atoms with Crippen molar-refractivity contribution in [3.63, 3.8) is 0 Å². The van der Waals surface area contributed by atoms with Crippen LogP contribution < -0.4 is 16.0 Å². The molecule has 0 unspecified atom stereocenters. The van der Waals surface area contributed by atoms with Crippen LogP contribution in [0.2, 0.25) is 0 Å². The van der Waals surface area contributed by atoms with Gasteiger partial charge in [-0.25, -0.2) is 4.98 Å². The van der Waals surface area contributed by atoms with Crippen molar-refractivity contribution in [2.45, 2.75) is 26.7 Å². The van der Waals surface area contributed by atoms with Gasteiger partial charge in [0.05, 0.1) is 4.47 Å². The molecule has 0 fully saturated rings. The fourth-order valence-electron chi connectivity index (χ4n) is 1.38. The highest BCUT2D eigenvalue weighted by Crippen LogP contribution is 2.19. The van der Waals surface area contributed by atoms with Crippen LogP contribution in [0.25, 0.3) is 0 Å². The van der Waals surface area contributed by atoms with E-state index in [0.717, 1.165) is 24.0 Å². The van der Waals surface area contributed by atoms with Crippen molar-refractivity contribution in [1.82, 2.24) is 15.3 Å². The van der Waals surface area contributed by atoms with Gasteiger partial charge in [0.1, 0.15) is 5.82 Å². The van der Waals surface area contributed by atoms with Gasteiger partial charge in [0.25, 0.3) is 0 Å². The standard InChI is InChI=1S/C12H20BrN5O/c1-3-6-15-10(19)5-7-16-11-9(13)8-17-12(18-11)14-4-2/h8H,3-7H2,1-2H3,(H,15,19)(H2,14,16,17,18). The van der Waals surface area contributed by atoms with Crippen LogP contribution >= 0.6 is 15.9 Å². The first-order valence-electron chi connectivity index (χ1n) is 6.44. The SMILES string of the molecule is CCCNC(=O)CCNc1nc(NCC)ncc1Br. The summed E-state index contributed by atoms with van der Waals surface area (Å²) < 4.78 is 0.781. The molecule has 0 aromatic carbocycles. The van der Waals surface area contributed by atoms with Crippen molar-refractivity contribution < 1.29 is 4.79 Å². The Morgan fingerprint density at radius 3 is 2.79 bits per heavy atom. The van der Waals surface area contributed by atoms with Gasteiger partial charge in [0, 0.05) is 32.3 Å². The van der Waals surface area contributed by atoms with Crippen LogP contribution in [0.5, 0.6) is 0 Å². The average molecular weight is 330 g/mol. The van der Waals surface area contributed by atoms with E-state index < -0.39 is 0 Å². The highest BCUT2D eigenvalue weighted by Gasteiger charge is 2.05. The Morgan fingerprint density at radius 2 is 2.11 bits per heavy atom. The van der Waals surface area contributed by atoms with E-state index in [0.29, 0.717) is 24.7 Å². The monoisotopic (exact) mass is 329 g/mol. The van der Waals surface area contributed by atoms with Crippen LogP contribution in [0, 0.1) is 0 Å². The van der Waals surface area contributed by atoms with E-state index in [2.05, 4.69) is 41.8 Å². The Bertz CT molecular complexity index is 413. The van der Waals surface area contributed by atoms with Gasteiger partial charge in [0.15, 0.2) is 0 Å². The molecule has 0 bridgehead atoms. The first-order valence-corrected chi connectivity index (χ1v) is 7.23. The maximum absolute atomic E-state index is 11.4. The Hall–Kier alpha value is -1.37. The van der Waals surface area contributed by atoms with E-state index in [9.17, 15) is 4.79 Å². The summed E-state index contributed by atoms with van der Waals surface area (Å²) in [5.41, 5.74) is 0. The Labute approximate surface area is 121 Å². The second kappa shape index (κ2) is 8.68. The molecule has 0 saturated carbocycles. The van der Waals surface area contributed by atoms with Crippen molar-refractivity contribution in [1.29, 1.82) is 0 Å². The van der Waals surface area contributed by atoms with Gasteiger partial charge < -0.3 is 16.0 Å². The smallest absolute Gasteiger partial charge is 0.224 e. The van der Waals surface area contributed by atoms with E-state index in [1.54, 1.807) is 6.20 Å². The molecule has 0 radical (unpaired) electrons. The lowest BCUT2D eigenvalue weighted by molar-refractivity contribution is -0.120. The van der Waals surface area contributed by atoms with Gasteiger partial charge in [-0.05, 0) is 29.3 Å². The molecule has 1 heterocycles. The normalized spacial score (nSPS) is 10.1. The van der Waals surface area contributed by atoms with E-state index in [1.807, 2.05) is 13.8 Å². The van der Waals surface area contributed by atoms with Crippen molar-refractivity contribution in [2.75, 3.05) is 30.3 Å². The van der Waals surface area contributed by atoms with Crippen LogP contribution in [0.15, 0.2) is 10.7 Å². The summed E-state index contributed by atoms with van der Waals surface area (Å²) in [6.45, 7) is 6.03. The average Bonchev–Trinajstić information content (AvgIpc) is 2.40. The molecule has 106 valence electrons. The van der Waals surface area contributed by atoms with Gasteiger partial charge in [-0.15, -0.1) is 0 Å². The van der Waals surface area contributed by atoms with Crippen LogP contribution in [-0.2, 0) is 4.79 Å². The van der Waals surface area contributed by atoms with Crippen LogP contribution in [0.4, 0.5) is 11.8 Å². The molecule has 0 atom stereocenters. The number of nitrogens with one attached hydrogen (secondary N) is 3. The highest BCUT2D eigenvalue weighted by molar-refractivity contribution is 9.10. The molecule has 0 aliphatic rings. The third-order valence-corrected chi connectivity index (χ3v) is 2.88. The number of hydrogen-bond donors (Lipinski definition) is 3. The lowest BCUT2D eigenvalue weighted by Crippen LogP contribution is -2.26. The first-order chi connectivity index (χ1) is 9.17. The zero-order chi connectivity index (χ0) is 14.1. The largest absolute Gasteiger partial charge is 0.368 e. The quantitative estimate of drug-likeness (QED) is 0.679. The third kappa shape index (κ3) is 5.87. The predicted molar refractivity (Wildman–Crippen MR) is 80.3 cm³/mol. The number of halogens is 1. The molecule has 1 aromatic heterocycles. The highest BCUT2D eigenvalue weighted by atomic mass is 79.9. The van der Waals surface area contributed by atoms with Gasteiger partial charge >= 0.3 is 0 Å². The van der Waals surface area contributed by atoms with Crippen molar-refractivity contribution in [3.8, 4) is 0 Å². The minimum atomic E-state index is 0.0476. The molecule has 0 spiro atoms. The first kappa shape index (κ1) is 15.7. The second-order valence-corrected chi connectivity index (χ2v) is 4.80. The zero-order valence-electron chi connectivity index (χ0n) is 11.3. The zero-order valence-corrected chi connectivity index (χ0v) is 12.9. The number of carbonyl (C=O) groups excluding carboxylic acids is 1. The molecule has 0 aliphatic carbocycles. The van der Waals surface area contributed by atoms with Crippen LogP contribution in [0.3, 0.4) is 0 Å². The van der Waals surface area contributed by atoms with Gasteiger partial charge in [0.2, 0.25) is 11.9 Å². The fourth-order valence-corrected chi connectivity index (χ4v) is 1.71. The van der Waals surface area contributed by atoms with Crippen LogP contribution in [-0.4, -0.2) is 35.5 Å². The molecule has 1 rings (SSSR count). The number of nitrogens with zero attached hydrogens (tertiary/aromatic N) is 2. The molecule has 7 heteroatoms. The molecular formula is C12H20BrN5O. The minimum absolute atomic E-state index is 0.0476. The topological polar surface area (TPSA) is 78.9 Å². The predicted octanol–water partition coefficient (Wildman–Crippen LogP) is 2.00. The lowest BCUT2D eigenvalue weighted by atomic mass is 10.3. The summed E-state index contributed by atoms with van der Waals surface area (Å²) in [6, 6.07) is 0. The Balaban J connectivity index is 2.43. The molecule has 3 N–H and O–H groups in total. The summed E-state index contributed by atoms with van der Waals surface area (Å²) in [7, 11) is 0. The molecule has 0 saturated heterocycles. The van der Waals surface area contributed by atoms with Gasteiger partial charge in [-0.1, -0.05) is 6.92 Å². The van der Waals surface area contributed by atoms with Crippen molar-refractivity contribution in [3.05, 3.63) is 10.7 Å². The van der Waals surface area contributed by atoms with E-state index >= 15 is 0 Å². The maximum Gasteiger partial charge on any atom is 0.224 e. The molecule has 1 aromatic rings. The molecular weight excluding hydrogens is 310 g/mol. The van der Waals surface area contributed by atoms with Gasteiger partial charge in [-0.3, -0.25) is 4.79 Å². The second-order valence-electron chi connectivity index (χ2n) is 3.95. The molecule has 19 heavy (non-hydrogen) atoms. The Kier molecular flexibility index (Phi) is 7.17. The summed E-state index contributed by atoms with van der Waals surface area (Å²) >= 11 is 3.37. The maximum atomic E-state index is 11.4. The van der Waals surface area contributed by atoms with E-state index in [1.165, 1.54) is 0 Å². The Morgan fingerprint density at radius 1 is 1.32 bits per heavy atom. The number of carbonyl (C=O) groups is 1. The van der Waals surface area contributed by atoms with Crippen molar-refractivity contribution >= 4 is 33.6 Å².